The van der Waals surface area contributed by atoms with Gasteiger partial charge in [-0.2, -0.15) is 0 Å². The van der Waals surface area contributed by atoms with Crippen molar-refractivity contribution in [1.29, 1.82) is 0 Å². The van der Waals surface area contributed by atoms with Crippen molar-refractivity contribution in [2.45, 2.75) is 40.0 Å². The van der Waals surface area contributed by atoms with Crippen LogP contribution in [0.25, 0.3) is 0 Å². The molecule has 0 aromatic carbocycles. The van der Waals surface area contributed by atoms with Gasteiger partial charge in [-0.25, -0.2) is 0 Å². The van der Waals surface area contributed by atoms with E-state index in [0.29, 0.717) is 0 Å². The standard InChI is InChI=1S/C12H26N2O/c1-10(2)7-5-6-8-14-12(15)11(3)9-13-4/h10-11,13H,5-9H2,1-4H3,(H,14,15). The Hall–Kier alpha value is -0.570. The quantitative estimate of drug-likeness (QED) is 0.605. The smallest absolute Gasteiger partial charge is 0.224 e. The minimum absolute atomic E-state index is 0.0695. The van der Waals surface area contributed by atoms with E-state index in [4.69, 9.17) is 0 Å². The van der Waals surface area contributed by atoms with Crippen LogP contribution in [0.2, 0.25) is 0 Å². The summed E-state index contributed by atoms with van der Waals surface area (Å²) >= 11 is 0. The molecule has 0 heterocycles. The Morgan fingerprint density at radius 1 is 1.20 bits per heavy atom. The molecule has 0 aliphatic heterocycles. The van der Waals surface area contributed by atoms with Gasteiger partial charge in [0.05, 0.1) is 0 Å². The zero-order valence-electron chi connectivity index (χ0n) is 10.6. The molecular formula is C12H26N2O. The fourth-order valence-electron chi connectivity index (χ4n) is 1.46. The van der Waals surface area contributed by atoms with Crippen LogP contribution in [0.15, 0.2) is 0 Å². The van der Waals surface area contributed by atoms with E-state index in [-0.39, 0.29) is 11.8 Å². The molecule has 0 aromatic rings. The van der Waals surface area contributed by atoms with Crippen LogP contribution in [0.4, 0.5) is 0 Å². The van der Waals surface area contributed by atoms with Crippen molar-refractivity contribution in [1.82, 2.24) is 10.6 Å². The van der Waals surface area contributed by atoms with E-state index in [1.54, 1.807) is 0 Å². The van der Waals surface area contributed by atoms with E-state index < -0.39 is 0 Å². The van der Waals surface area contributed by atoms with Gasteiger partial charge in [0.2, 0.25) is 5.91 Å². The van der Waals surface area contributed by atoms with E-state index in [1.807, 2.05) is 14.0 Å². The summed E-state index contributed by atoms with van der Waals surface area (Å²) in [4.78, 5) is 11.5. The lowest BCUT2D eigenvalue weighted by atomic mass is 10.1. The summed E-state index contributed by atoms with van der Waals surface area (Å²) in [5, 5.41) is 5.97. The molecule has 3 heteroatoms. The largest absolute Gasteiger partial charge is 0.356 e. The van der Waals surface area contributed by atoms with Gasteiger partial charge >= 0.3 is 0 Å². The maximum absolute atomic E-state index is 11.5. The van der Waals surface area contributed by atoms with Gasteiger partial charge < -0.3 is 10.6 Å². The first-order chi connectivity index (χ1) is 7.07. The summed E-state index contributed by atoms with van der Waals surface area (Å²) in [6, 6.07) is 0. The molecule has 0 aliphatic carbocycles. The Labute approximate surface area is 94.0 Å². The van der Waals surface area contributed by atoms with E-state index in [1.165, 1.54) is 12.8 Å². The van der Waals surface area contributed by atoms with Crippen LogP contribution in [0.3, 0.4) is 0 Å². The zero-order chi connectivity index (χ0) is 11.7. The number of unbranched alkanes of at least 4 members (excludes halogenated alkanes) is 1. The molecule has 0 radical (unpaired) electrons. The molecule has 90 valence electrons. The van der Waals surface area contributed by atoms with Crippen LogP contribution in [0.5, 0.6) is 0 Å². The molecule has 3 nitrogen and oxygen atoms in total. The van der Waals surface area contributed by atoms with Crippen LogP contribution < -0.4 is 10.6 Å². The molecule has 0 fully saturated rings. The molecule has 0 saturated heterocycles. The fourth-order valence-corrected chi connectivity index (χ4v) is 1.46. The summed E-state index contributed by atoms with van der Waals surface area (Å²) in [5.74, 6) is 0.998. The Kier molecular flexibility index (Phi) is 8.38. The molecule has 1 amide bonds. The van der Waals surface area contributed by atoms with Gasteiger partial charge in [0, 0.05) is 19.0 Å². The van der Waals surface area contributed by atoms with Gasteiger partial charge in [0.15, 0.2) is 0 Å². The molecule has 1 unspecified atom stereocenters. The van der Waals surface area contributed by atoms with Crippen molar-refractivity contribution in [2.75, 3.05) is 20.1 Å². The lowest BCUT2D eigenvalue weighted by molar-refractivity contribution is -0.124. The minimum Gasteiger partial charge on any atom is -0.356 e. The van der Waals surface area contributed by atoms with Crippen LogP contribution in [0, 0.1) is 11.8 Å². The van der Waals surface area contributed by atoms with E-state index >= 15 is 0 Å². The Bertz CT molecular complexity index is 169. The minimum atomic E-state index is 0.0695. The number of rotatable bonds is 8. The van der Waals surface area contributed by atoms with Crippen molar-refractivity contribution in [2.24, 2.45) is 11.8 Å². The lowest BCUT2D eigenvalue weighted by Gasteiger charge is -2.11. The first-order valence-corrected chi connectivity index (χ1v) is 6.00. The summed E-state index contributed by atoms with van der Waals surface area (Å²) in [7, 11) is 1.87. The van der Waals surface area contributed by atoms with E-state index in [2.05, 4.69) is 24.5 Å². The highest BCUT2D eigenvalue weighted by Gasteiger charge is 2.10. The first-order valence-electron chi connectivity index (χ1n) is 6.00. The zero-order valence-corrected chi connectivity index (χ0v) is 10.6. The number of hydrogen-bond acceptors (Lipinski definition) is 2. The average molecular weight is 214 g/mol. The van der Waals surface area contributed by atoms with E-state index in [0.717, 1.165) is 25.4 Å². The summed E-state index contributed by atoms with van der Waals surface area (Å²) in [6.07, 6.45) is 3.55. The lowest BCUT2D eigenvalue weighted by Crippen LogP contribution is -2.34. The third-order valence-electron chi connectivity index (χ3n) is 2.47. The Morgan fingerprint density at radius 3 is 2.40 bits per heavy atom. The molecule has 0 spiro atoms. The number of nitrogens with one attached hydrogen (secondary N) is 2. The number of carbonyl (C=O) groups is 1. The van der Waals surface area contributed by atoms with Crippen molar-refractivity contribution in [3.8, 4) is 0 Å². The van der Waals surface area contributed by atoms with Crippen LogP contribution in [-0.2, 0) is 4.79 Å². The van der Waals surface area contributed by atoms with Gasteiger partial charge in [0.1, 0.15) is 0 Å². The second kappa shape index (κ2) is 8.72. The molecule has 15 heavy (non-hydrogen) atoms. The maximum atomic E-state index is 11.5. The molecule has 0 aromatic heterocycles. The molecular weight excluding hydrogens is 188 g/mol. The normalized spacial score (nSPS) is 12.9. The predicted molar refractivity (Wildman–Crippen MR) is 64.8 cm³/mol. The third-order valence-corrected chi connectivity index (χ3v) is 2.47. The second-order valence-corrected chi connectivity index (χ2v) is 4.64. The Morgan fingerprint density at radius 2 is 1.87 bits per heavy atom. The second-order valence-electron chi connectivity index (χ2n) is 4.64. The topological polar surface area (TPSA) is 41.1 Å². The first kappa shape index (κ1) is 14.4. The molecule has 0 rings (SSSR count). The van der Waals surface area contributed by atoms with Crippen molar-refractivity contribution in [3.05, 3.63) is 0 Å². The van der Waals surface area contributed by atoms with Crippen LogP contribution in [-0.4, -0.2) is 26.0 Å². The summed E-state index contributed by atoms with van der Waals surface area (Å²) in [5.41, 5.74) is 0. The molecule has 0 saturated carbocycles. The van der Waals surface area contributed by atoms with Crippen LogP contribution in [0.1, 0.15) is 40.0 Å². The highest BCUT2D eigenvalue weighted by Crippen LogP contribution is 2.05. The van der Waals surface area contributed by atoms with Crippen molar-refractivity contribution >= 4 is 5.91 Å². The summed E-state index contributed by atoms with van der Waals surface area (Å²) in [6.45, 7) is 7.97. The van der Waals surface area contributed by atoms with Gasteiger partial charge in [0.25, 0.3) is 0 Å². The monoisotopic (exact) mass is 214 g/mol. The average Bonchev–Trinajstić information content (AvgIpc) is 2.16. The fraction of sp³-hybridized carbons (Fsp3) is 0.917. The molecule has 0 aliphatic rings. The highest BCUT2D eigenvalue weighted by atomic mass is 16.1. The number of hydrogen-bond donors (Lipinski definition) is 2. The van der Waals surface area contributed by atoms with Crippen molar-refractivity contribution in [3.63, 3.8) is 0 Å². The SMILES string of the molecule is CNCC(C)C(=O)NCCCCC(C)C. The predicted octanol–water partition coefficient (Wildman–Crippen LogP) is 1.78. The Balaban J connectivity index is 3.38. The third kappa shape index (κ3) is 8.43. The van der Waals surface area contributed by atoms with Crippen LogP contribution >= 0.6 is 0 Å². The van der Waals surface area contributed by atoms with Gasteiger partial charge in [-0.1, -0.05) is 33.6 Å². The number of carbonyl (C=O) groups excluding carboxylic acids is 1. The van der Waals surface area contributed by atoms with E-state index in [9.17, 15) is 4.79 Å². The molecule has 0 bridgehead atoms. The van der Waals surface area contributed by atoms with Gasteiger partial charge in [-0.3, -0.25) is 4.79 Å². The van der Waals surface area contributed by atoms with Gasteiger partial charge in [-0.05, 0) is 19.4 Å². The summed E-state index contributed by atoms with van der Waals surface area (Å²) < 4.78 is 0. The molecule has 2 N–H and O–H groups in total. The number of amides is 1. The highest BCUT2D eigenvalue weighted by molar-refractivity contribution is 5.78. The maximum Gasteiger partial charge on any atom is 0.224 e. The van der Waals surface area contributed by atoms with Crippen molar-refractivity contribution < 1.29 is 4.79 Å². The molecule has 1 atom stereocenters. The van der Waals surface area contributed by atoms with Gasteiger partial charge in [-0.15, -0.1) is 0 Å².